The predicted octanol–water partition coefficient (Wildman–Crippen LogP) is 3.95. The molecule has 1 aromatic rings. The van der Waals surface area contributed by atoms with Crippen molar-refractivity contribution in [1.29, 1.82) is 5.26 Å². The Kier molecular flexibility index (Phi) is 5.62. The molecule has 0 aromatic heterocycles. The minimum atomic E-state index is -0.391. The molecule has 0 amide bonds. The van der Waals surface area contributed by atoms with Gasteiger partial charge in [0.1, 0.15) is 6.04 Å². The van der Waals surface area contributed by atoms with E-state index in [1.54, 1.807) is 12.1 Å². The van der Waals surface area contributed by atoms with Crippen molar-refractivity contribution >= 4 is 23.2 Å². The average Bonchev–Trinajstić information content (AvgIpc) is 2.29. The molecule has 1 N–H and O–H groups in total. The highest BCUT2D eigenvalue weighted by molar-refractivity contribution is 6.42. The van der Waals surface area contributed by atoms with Crippen LogP contribution in [0.25, 0.3) is 0 Å². The van der Waals surface area contributed by atoms with Crippen molar-refractivity contribution in [3.8, 4) is 6.07 Å². The van der Waals surface area contributed by atoms with E-state index < -0.39 is 6.04 Å². The maximum atomic E-state index is 9.08. The van der Waals surface area contributed by atoms with Gasteiger partial charge >= 0.3 is 0 Å². The summed E-state index contributed by atoms with van der Waals surface area (Å²) in [4.78, 5) is 0. The van der Waals surface area contributed by atoms with Crippen molar-refractivity contribution in [3.05, 3.63) is 33.8 Å². The summed E-state index contributed by atoms with van der Waals surface area (Å²) in [5.74, 6) is 0. The van der Waals surface area contributed by atoms with Crippen LogP contribution in [0.2, 0.25) is 10.0 Å². The highest BCUT2D eigenvalue weighted by Crippen LogP contribution is 2.29. The fourth-order valence-electron chi connectivity index (χ4n) is 1.39. The fourth-order valence-corrected chi connectivity index (χ4v) is 1.81. The molecule has 0 spiro atoms. The van der Waals surface area contributed by atoms with E-state index in [0.717, 1.165) is 24.9 Å². The van der Waals surface area contributed by atoms with E-state index in [9.17, 15) is 0 Å². The molecule has 0 fully saturated rings. The van der Waals surface area contributed by atoms with Gasteiger partial charge in [-0.05, 0) is 19.0 Å². The second-order valence-corrected chi connectivity index (χ2v) is 4.30. The number of unbranched alkanes of at least 4 members (excludes halogenated alkanes) is 1. The van der Waals surface area contributed by atoms with Gasteiger partial charge in [-0.3, -0.25) is 5.32 Å². The van der Waals surface area contributed by atoms with Gasteiger partial charge in [-0.25, -0.2) is 0 Å². The number of nitrogens with zero attached hydrogens (tertiary/aromatic N) is 1. The number of hydrogen-bond donors (Lipinski definition) is 1. The number of hydrogen-bond acceptors (Lipinski definition) is 2. The normalized spacial score (nSPS) is 12.1. The molecule has 4 heteroatoms. The molecule has 0 saturated heterocycles. The molecule has 0 radical (unpaired) electrons. The van der Waals surface area contributed by atoms with E-state index >= 15 is 0 Å². The van der Waals surface area contributed by atoms with Crippen LogP contribution < -0.4 is 5.32 Å². The molecule has 0 saturated carbocycles. The van der Waals surface area contributed by atoms with E-state index in [1.165, 1.54) is 0 Å². The molecule has 1 unspecified atom stereocenters. The van der Waals surface area contributed by atoms with Crippen LogP contribution in [0, 0.1) is 11.3 Å². The summed E-state index contributed by atoms with van der Waals surface area (Å²) in [6, 6.07) is 7.14. The summed E-state index contributed by atoms with van der Waals surface area (Å²) < 4.78 is 0. The Hall–Kier alpha value is -0.750. The first kappa shape index (κ1) is 13.3. The van der Waals surface area contributed by atoms with Crippen LogP contribution >= 0.6 is 23.2 Å². The van der Waals surface area contributed by atoms with Gasteiger partial charge in [0.15, 0.2) is 0 Å². The van der Waals surface area contributed by atoms with E-state index in [2.05, 4.69) is 18.3 Å². The van der Waals surface area contributed by atoms with Crippen LogP contribution in [-0.4, -0.2) is 6.54 Å². The molecular formula is C12H14Cl2N2. The Morgan fingerprint density at radius 3 is 2.81 bits per heavy atom. The Balaban J connectivity index is 2.80. The van der Waals surface area contributed by atoms with Gasteiger partial charge in [0.25, 0.3) is 0 Å². The molecule has 0 bridgehead atoms. The zero-order chi connectivity index (χ0) is 12.0. The number of halogens is 2. The number of nitriles is 1. The Morgan fingerprint density at radius 1 is 1.44 bits per heavy atom. The quantitative estimate of drug-likeness (QED) is 0.811. The van der Waals surface area contributed by atoms with Gasteiger partial charge in [0.2, 0.25) is 0 Å². The van der Waals surface area contributed by atoms with Crippen LogP contribution in [0.4, 0.5) is 0 Å². The summed E-state index contributed by atoms with van der Waals surface area (Å²) >= 11 is 12.0. The van der Waals surface area contributed by atoms with Gasteiger partial charge in [-0.1, -0.05) is 48.7 Å². The zero-order valence-corrected chi connectivity index (χ0v) is 10.6. The smallest absolute Gasteiger partial charge is 0.122 e. The highest BCUT2D eigenvalue weighted by atomic mass is 35.5. The summed E-state index contributed by atoms with van der Waals surface area (Å²) in [6.45, 7) is 2.91. The zero-order valence-electron chi connectivity index (χ0n) is 9.13. The maximum absolute atomic E-state index is 9.08. The molecule has 1 rings (SSSR count). The predicted molar refractivity (Wildman–Crippen MR) is 67.7 cm³/mol. The molecule has 1 atom stereocenters. The van der Waals surface area contributed by atoms with Crippen LogP contribution in [0.15, 0.2) is 18.2 Å². The van der Waals surface area contributed by atoms with Crippen LogP contribution in [-0.2, 0) is 0 Å². The molecular weight excluding hydrogens is 243 g/mol. The van der Waals surface area contributed by atoms with Crippen molar-refractivity contribution in [2.45, 2.75) is 25.8 Å². The lowest BCUT2D eigenvalue weighted by Gasteiger charge is -2.13. The summed E-state index contributed by atoms with van der Waals surface area (Å²) in [5, 5.41) is 13.2. The van der Waals surface area contributed by atoms with Crippen molar-refractivity contribution in [1.82, 2.24) is 5.32 Å². The summed E-state index contributed by atoms with van der Waals surface area (Å²) in [7, 11) is 0. The first-order valence-corrected chi connectivity index (χ1v) is 6.03. The van der Waals surface area contributed by atoms with Crippen molar-refractivity contribution in [2.24, 2.45) is 0 Å². The van der Waals surface area contributed by atoms with E-state index in [-0.39, 0.29) is 0 Å². The summed E-state index contributed by atoms with van der Waals surface area (Å²) in [5.41, 5.74) is 0.743. The molecule has 0 heterocycles. The third-order valence-electron chi connectivity index (χ3n) is 2.30. The number of nitrogens with one attached hydrogen (secondary N) is 1. The molecule has 0 aliphatic rings. The van der Waals surface area contributed by atoms with Crippen LogP contribution in [0.3, 0.4) is 0 Å². The van der Waals surface area contributed by atoms with Crippen molar-refractivity contribution < 1.29 is 0 Å². The molecule has 0 aliphatic heterocycles. The first-order valence-electron chi connectivity index (χ1n) is 5.27. The lowest BCUT2D eigenvalue weighted by atomic mass is 10.1. The largest absolute Gasteiger partial charge is 0.298 e. The van der Waals surface area contributed by atoms with Crippen molar-refractivity contribution in [2.75, 3.05) is 6.54 Å². The lowest BCUT2D eigenvalue weighted by molar-refractivity contribution is 0.598. The van der Waals surface area contributed by atoms with Crippen LogP contribution in [0.1, 0.15) is 31.4 Å². The Morgan fingerprint density at radius 2 is 2.19 bits per heavy atom. The van der Waals surface area contributed by atoms with Crippen molar-refractivity contribution in [3.63, 3.8) is 0 Å². The second kappa shape index (κ2) is 6.75. The minimum Gasteiger partial charge on any atom is -0.298 e. The molecule has 1 aromatic carbocycles. The second-order valence-electron chi connectivity index (χ2n) is 3.51. The minimum absolute atomic E-state index is 0.391. The third kappa shape index (κ3) is 3.38. The van der Waals surface area contributed by atoms with Gasteiger partial charge in [-0.15, -0.1) is 0 Å². The molecule has 0 aliphatic carbocycles. The Labute approximate surface area is 106 Å². The molecule has 86 valence electrons. The lowest BCUT2D eigenvalue weighted by Crippen LogP contribution is -2.21. The fraction of sp³-hybridized carbons (Fsp3) is 0.417. The highest BCUT2D eigenvalue weighted by Gasteiger charge is 2.14. The van der Waals surface area contributed by atoms with Gasteiger partial charge in [0.05, 0.1) is 16.1 Å². The summed E-state index contributed by atoms with van der Waals surface area (Å²) in [6.07, 6.45) is 2.13. The number of benzene rings is 1. The molecule has 2 nitrogen and oxygen atoms in total. The van der Waals surface area contributed by atoms with Gasteiger partial charge < -0.3 is 0 Å². The number of rotatable bonds is 5. The topological polar surface area (TPSA) is 35.8 Å². The SMILES string of the molecule is CCCCNC(C#N)c1cccc(Cl)c1Cl. The van der Waals surface area contributed by atoms with E-state index in [0.29, 0.717) is 10.0 Å². The standard InChI is InChI=1S/C12H14Cl2N2/c1-2-3-7-16-11(8-15)9-5-4-6-10(13)12(9)14/h4-6,11,16H,2-3,7H2,1H3. The first-order chi connectivity index (χ1) is 7.70. The van der Waals surface area contributed by atoms with E-state index in [1.807, 2.05) is 6.07 Å². The van der Waals surface area contributed by atoms with Crippen LogP contribution in [0.5, 0.6) is 0 Å². The van der Waals surface area contributed by atoms with Gasteiger partial charge in [-0.2, -0.15) is 5.26 Å². The monoisotopic (exact) mass is 256 g/mol. The molecule has 16 heavy (non-hydrogen) atoms. The van der Waals surface area contributed by atoms with Gasteiger partial charge in [0, 0.05) is 5.56 Å². The average molecular weight is 257 g/mol. The third-order valence-corrected chi connectivity index (χ3v) is 3.13. The Bertz CT molecular complexity index is 385. The maximum Gasteiger partial charge on any atom is 0.122 e. The van der Waals surface area contributed by atoms with E-state index in [4.69, 9.17) is 28.5 Å².